The smallest absolute Gasteiger partial charge is 0.418 e. The van der Waals surface area contributed by atoms with Gasteiger partial charge in [0.15, 0.2) is 0 Å². The van der Waals surface area contributed by atoms with Gasteiger partial charge in [-0.05, 0) is 75.2 Å². The molecule has 0 radical (unpaired) electrons. The minimum Gasteiger partial charge on any atom is -0.497 e. The van der Waals surface area contributed by atoms with Gasteiger partial charge in [-0.25, -0.2) is 4.98 Å². The second-order valence-corrected chi connectivity index (χ2v) is 9.47. The Morgan fingerprint density at radius 2 is 1.71 bits per heavy atom. The molecule has 4 rings (SSSR count). The van der Waals surface area contributed by atoms with E-state index in [1.54, 1.807) is 41.8 Å². The van der Waals surface area contributed by atoms with Crippen LogP contribution in [0.15, 0.2) is 54.6 Å². The maximum absolute atomic E-state index is 13.9. The van der Waals surface area contributed by atoms with Gasteiger partial charge in [-0.15, -0.1) is 0 Å². The molecular weight excluding hydrogens is 495 g/mol. The van der Waals surface area contributed by atoms with Crippen molar-refractivity contribution in [3.8, 4) is 11.4 Å². The number of amides is 1. The van der Waals surface area contributed by atoms with E-state index in [0.717, 1.165) is 22.8 Å². The molecule has 9 heteroatoms. The zero-order chi connectivity index (χ0) is 27.8. The van der Waals surface area contributed by atoms with Crippen LogP contribution in [0.1, 0.15) is 45.4 Å². The fraction of sp³-hybridized carbons (Fsp3) is 0.310. The van der Waals surface area contributed by atoms with Gasteiger partial charge in [-0.3, -0.25) is 9.36 Å². The molecule has 0 aliphatic heterocycles. The molecule has 1 atom stereocenters. The van der Waals surface area contributed by atoms with E-state index in [9.17, 15) is 23.1 Å². The number of rotatable bonds is 7. The van der Waals surface area contributed by atoms with Crippen LogP contribution in [0.3, 0.4) is 0 Å². The zero-order valence-electron chi connectivity index (χ0n) is 21.9. The highest BCUT2D eigenvalue weighted by Crippen LogP contribution is 2.36. The van der Waals surface area contributed by atoms with Crippen molar-refractivity contribution in [3.63, 3.8) is 0 Å². The number of para-hydroxylation sites is 1. The molecular formula is C29H30F3N3O3. The Bertz CT molecular complexity index is 1450. The monoisotopic (exact) mass is 525 g/mol. The largest absolute Gasteiger partial charge is 0.497 e. The van der Waals surface area contributed by atoms with Crippen molar-refractivity contribution in [2.24, 2.45) is 0 Å². The average Bonchev–Trinajstić information content (AvgIpc) is 3.23. The molecule has 1 heterocycles. The molecule has 0 fully saturated rings. The minimum atomic E-state index is -4.61. The van der Waals surface area contributed by atoms with Crippen molar-refractivity contribution >= 4 is 16.9 Å². The number of methoxy groups -OCH3 is 1. The minimum absolute atomic E-state index is 0.120. The van der Waals surface area contributed by atoms with Crippen LogP contribution in [-0.4, -0.2) is 45.2 Å². The third-order valence-corrected chi connectivity index (χ3v) is 6.65. The van der Waals surface area contributed by atoms with Crippen molar-refractivity contribution < 1.29 is 27.8 Å². The topological polar surface area (TPSA) is 67.6 Å². The van der Waals surface area contributed by atoms with Crippen LogP contribution < -0.4 is 4.74 Å². The second-order valence-electron chi connectivity index (χ2n) is 9.47. The van der Waals surface area contributed by atoms with E-state index in [0.29, 0.717) is 17.0 Å². The van der Waals surface area contributed by atoms with Crippen molar-refractivity contribution in [3.05, 3.63) is 88.2 Å². The van der Waals surface area contributed by atoms with E-state index < -0.39 is 17.8 Å². The molecule has 6 nitrogen and oxygen atoms in total. The molecule has 1 amide bonds. The molecule has 1 aromatic heterocycles. The number of carbonyl (C=O) groups excluding carboxylic acids is 1. The number of benzene rings is 3. The lowest BCUT2D eigenvalue weighted by Gasteiger charge is -2.29. The number of aliphatic hydroxyl groups excluding tert-OH is 1. The standard InChI is InChI=1S/C29H30F3N3O3/c1-17-13-18(2)26(19(3)14-17)28(37)34(20(4)16-36)15-25-33-27-23(29(30,31)32)7-6-8-24(27)35(25)21-9-11-22(38-5)12-10-21/h6-14,20,36H,15-16H2,1-5H3. The van der Waals surface area contributed by atoms with Gasteiger partial charge in [0.25, 0.3) is 5.91 Å². The van der Waals surface area contributed by atoms with Crippen LogP contribution in [0, 0.1) is 20.8 Å². The number of aryl methyl sites for hydroxylation is 3. The van der Waals surface area contributed by atoms with E-state index >= 15 is 0 Å². The zero-order valence-corrected chi connectivity index (χ0v) is 21.9. The van der Waals surface area contributed by atoms with Gasteiger partial charge in [0.2, 0.25) is 0 Å². The summed E-state index contributed by atoms with van der Waals surface area (Å²) in [5.74, 6) is 0.496. The molecule has 200 valence electrons. The first-order valence-electron chi connectivity index (χ1n) is 12.2. The van der Waals surface area contributed by atoms with Crippen LogP contribution in [0.25, 0.3) is 16.7 Å². The van der Waals surface area contributed by atoms with E-state index in [1.807, 2.05) is 32.9 Å². The maximum atomic E-state index is 13.9. The van der Waals surface area contributed by atoms with Crippen molar-refractivity contribution in [2.75, 3.05) is 13.7 Å². The summed E-state index contributed by atoms with van der Waals surface area (Å²) < 4.78 is 48.6. The number of alkyl halides is 3. The van der Waals surface area contributed by atoms with Crippen LogP contribution in [0.5, 0.6) is 5.75 Å². The predicted octanol–water partition coefficient (Wildman–Crippen LogP) is 6.00. The molecule has 0 bridgehead atoms. The van der Waals surface area contributed by atoms with E-state index in [-0.39, 0.29) is 35.9 Å². The quantitative estimate of drug-likeness (QED) is 0.321. The van der Waals surface area contributed by atoms with Crippen molar-refractivity contribution in [1.82, 2.24) is 14.5 Å². The van der Waals surface area contributed by atoms with Crippen molar-refractivity contribution in [1.29, 1.82) is 0 Å². The van der Waals surface area contributed by atoms with Gasteiger partial charge in [-0.1, -0.05) is 23.8 Å². The lowest BCUT2D eigenvalue weighted by atomic mass is 9.98. The van der Waals surface area contributed by atoms with Crippen LogP contribution >= 0.6 is 0 Å². The molecule has 0 aliphatic rings. The summed E-state index contributed by atoms with van der Waals surface area (Å²) >= 11 is 0. The number of aliphatic hydroxyl groups is 1. The molecule has 1 unspecified atom stereocenters. The van der Waals surface area contributed by atoms with Gasteiger partial charge in [0.1, 0.15) is 17.1 Å². The maximum Gasteiger partial charge on any atom is 0.418 e. The second kappa shape index (κ2) is 10.5. The number of halogens is 3. The summed E-state index contributed by atoms with van der Waals surface area (Å²) in [5, 5.41) is 10.0. The fourth-order valence-electron chi connectivity index (χ4n) is 4.84. The summed E-state index contributed by atoms with van der Waals surface area (Å²) in [5.41, 5.74) is 2.83. The van der Waals surface area contributed by atoms with E-state index in [4.69, 9.17) is 4.74 Å². The number of hydrogen-bond acceptors (Lipinski definition) is 4. The molecule has 1 N–H and O–H groups in total. The summed E-state index contributed by atoms with van der Waals surface area (Å²) in [4.78, 5) is 19.7. The van der Waals surface area contributed by atoms with Gasteiger partial charge in [0, 0.05) is 11.3 Å². The van der Waals surface area contributed by atoms with Gasteiger partial charge >= 0.3 is 6.18 Å². The third-order valence-electron chi connectivity index (χ3n) is 6.65. The van der Waals surface area contributed by atoms with Gasteiger partial charge in [-0.2, -0.15) is 13.2 Å². The number of hydrogen-bond donors (Lipinski definition) is 1. The molecule has 0 saturated carbocycles. The third kappa shape index (κ3) is 5.11. The Kier molecular flexibility index (Phi) is 7.51. The summed E-state index contributed by atoms with van der Waals surface area (Å²) in [6.07, 6.45) is -4.61. The molecule has 0 saturated heterocycles. The first kappa shape index (κ1) is 27.2. The fourth-order valence-corrected chi connectivity index (χ4v) is 4.84. The Morgan fingerprint density at radius 3 is 2.26 bits per heavy atom. The number of fused-ring (bicyclic) bond motifs is 1. The van der Waals surface area contributed by atoms with Crippen molar-refractivity contribution in [2.45, 2.75) is 46.5 Å². The lowest BCUT2D eigenvalue weighted by molar-refractivity contribution is -0.136. The molecule has 4 aromatic rings. The van der Waals surface area contributed by atoms with Gasteiger partial charge in [0.05, 0.1) is 37.4 Å². The molecule has 38 heavy (non-hydrogen) atoms. The highest BCUT2D eigenvalue weighted by Gasteiger charge is 2.35. The number of aromatic nitrogens is 2. The normalized spacial score (nSPS) is 12.6. The average molecular weight is 526 g/mol. The van der Waals surface area contributed by atoms with Crippen LogP contribution in [0.4, 0.5) is 13.2 Å². The highest BCUT2D eigenvalue weighted by molar-refractivity contribution is 5.97. The summed E-state index contributed by atoms with van der Waals surface area (Å²) in [6, 6.07) is 14.0. The Morgan fingerprint density at radius 1 is 1.08 bits per heavy atom. The number of nitrogens with zero attached hydrogens (tertiary/aromatic N) is 3. The predicted molar refractivity (Wildman–Crippen MR) is 140 cm³/mol. The van der Waals surface area contributed by atoms with E-state index in [2.05, 4.69) is 4.98 Å². The lowest BCUT2D eigenvalue weighted by Crippen LogP contribution is -2.41. The highest BCUT2D eigenvalue weighted by atomic mass is 19.4. The van der Waals surface area contributed by atoms with Crippen LogP contribution in [-0.2, 0) is 12.7 Å². The number of ether oxygens (including phenoxy) is 1. The first-order chi connectivity index (χ1) is 18.0. The number of carbonyl (C=O) groups is 1. The Labute approximate surface area is 219 Å². The van der Waals surface area contributed by atoms with Crippen LogP contribution in [0.2, 0.25) is 0 Å². The first-order valence-corrected chi connectivity index (χ1v) is 12.2. The Balaban J connectivity index is 1.91. The summed E-state index contributed by atoms with van der Waals surface area (Å²) in [7, 11) is 1.53. The molecule has 0 aliphatic carbocycles. The van der Waals surface area contributed by atoms with E-state index in [1.165, 1.54) is 18.1 Å². The number of imidazole rings is 1. The molecule has 3 aromatic carbocycles. The molecule has 0 spiro atoms. The SMILES string of the molecule is COc1ccc(-n2c(CN(C(=O)c3c(C)cc(C)cc3C)C(C)CO)nc3c(C(F)(F)F)cccc32)cc1. The Hall–Kier alpha value is -3.85. The summed E-state index contributed by atoms with van der Waals surface area (Å²) in [6.45, 7) is 6.88. The van der Waals surface area contributed by atoms with Gasteiger partial charge < -0.3 is 14.7 Å².